The Hall–Kier alpha value is -1.07. The van der Waals surface area contributed by atoms with E-state index in [1.54, 1.807) is 17.8 Å². The lowest BCUT2D eigenvalue weighted by Crippen LogP contribution is -2.55. The van der Waals surface area contributed by atoms with Crippen LogP contribution in [0.4, 0.5) is 0 Å². The summed E-state index contributed by atoms with van der Waals surface area (Å²) in [5.74, 6) is -0.0974. The van der Waals surface area contributed by atoms with E-state index < -0.39 is 0 Å². The number of rotatable bonds is 3. The average Bonchev–Trinajstić information content (AvgIpc) is 2.51. The molecule has 0 aromatic carbocycles. The van der Waals surface area contributed by atoms with Crippen molar-refractivity contribution in [2.75, 3.05) is 6.54 Å². The van der Waals surface area contributed by atoms with Gasteiger partial charge in [-0.25, -0.2) is 0 Å². The zero-order chi connectivity index (χ0) is 11.8. The summed E-state index contributed by atoms with van der Waals surface area (Å²) in [4.78, 5) is 11.8. The minimum Gasteiger partial charge on any atom is -0.349 e. The molecule has 0 radical (unpaired) electrons. The molecule has 1 aliphatic carbocycles. The Balaban J connectivity index is 0.00000144. The summed E-state index contributed by atoms with van der Waals surface area (Å²) in [6, 6.07) is 1.78. The Labute approximate surface area is 107 Å². The summed E-state index contributed by atoms with van der Waals surface area (Å²) in [5, 5.41) is 7.01. The Morgan fingerprint density at radius 1 is 1.65 bits per heavy atom. The molecule has 1 amide bonds. The second-order valence-electron chi connectivity index (χ2n) is 4.69. The van der Waals surface area contributed by atoms with Gasteiger partial charge in [-0.05, 0) is 32.3 Å². The van der Waals surface area contributed by atoms with Crippen LogP contribution < -0.4 is 11.1 Å². The number of nitrogens with zero attached hydrogens (tertiary/aromatic N) is 2. The van der Waals surface area contributed by atoms with E-state index >= 15 is 0 Å². The van der Waals surface area contributed by atoms with Crippen molar-refractivity contribution in [1.82, 2.24) is 15.1 Å². The number of hydrogen-bond donors (Lipinski definition) is 2. The minimum atomic E-state index is -0.177. The second kappa shape index (κ2) is 5.06. The van der Waals surface area contributed by atoms with E-state index in [4.69, 9.17) is 5.73 Å². The van der Waals surface area contributed by atoms with Crippen molar-refractivity contribution in [1.29, 1.82) is 0 Å². The first-order chi connectivity index (χ1) is 7.50. The molecule has 0 atom stereocenters. The van der Waals surface area contributed by atoms with Crippen molar-refractivity contribution >= 4 is 18.3 Å². The van der Waals surface area contributed by atoms with Crippen molar-refractivity contribution in [2.45, 2.75) is 31.7 Å². The number of aryl methyl sites for hydroxylation is 2. The van der Waals surface area contributed by atoms with Gasteiger partial charge in [-0.3, -0.25) is 9.48 Å². The van der Waals surface area contributed by atoms with Gasteiger partial charge in [0.2, 0.25) is 0 Å². The smallest absolute Gasteiger partial charge is 0.269 e. The number of carbonyl (C=O) groups excluding carboxylic acids is 1. The maximum absolute atomic E-state index is 11.8. The summed E-state index contributed by atoms with van der Waals surface area (Å²) in [6.45, 7) is 2.42. The normalized spacial score (nSPS) is 16.9. The SMILES string of the molecule is Cc1cc(C(=O)NCC2(N)CCC2)n(C)n1.Cl. The number of nitrogens with two attached hydrogens (primary N) is 1. The van der Waals surface area contributed by atoms with Gasteiger partial charge in [0.05, 0.1) is 5.69 Å². The van der Waals surface area contributed by atoms with Crippen LogP contribution in [0.2, 0.25) is 0 Å². The van der Waals surface area contributed by atoms with E-state index in [9.17, 15) is 4.79 Å². The van der Waals surface area contributed by atoms with Gasteiger partial charge in [-0.15, -0.1) is 12.4 Å². The fraction of sp³-hybridized carbons (Fsp3) is 0.636. The van der Waals surface area contributed by atoms with Gasteiger partial charge in [-0.2, -0.15) is 5.10 Å². The molecular formula is C11H19ClN4O. The second-order valence-corrected chi connectivity index (χ2v) is 4.69. The number of halogens is 1. The van der Waals surface area contributed by atoms with Gasteiger partial charge in [-0.1, -0.05) is 0 Å². The van der Waals surface area contributed by atoms with Crippen molar-refractivity contribution in [3.8, 4) is 0 Å². The number of hydrogen-bond acceptors (Lipinski definition) is 3. The standard InChI is InChI=1S/C11H18N4O.ClH/c1-8-6-9(15(2)14-8)10(16)13-7-11(12)4-3-5-11;/h6H,3-5,7,12H2,1-2H3,(H,13,16);1H. The largest absolute Gasteiger partial charge is 0.349 e. The highest BCUT2D eigenvalue weighted by molar-refractivity contribution is 5.92. The van der Waals surface area contributed by atoms with E-state index in [1.807, 2.05) is 6.92 Å². The van der Waals surface area contributed by atoms with Crippen LogP contribution in [-0.2, 0) is 7.05 Å². The maximum atomic E-state index is 11.8. The predicted molar refractivity (Wildman–Crippen MR) is 68.3 cm³/mol. The van der Waals surface area contributed by atoms with Crippen molar-refractivity contribution in [3.63, 3.8) is 0 Å². The van der Waals surface area contributed by atoms with Crippen molar-refractivity contribution < 1.29 is 4.79 Å². The van der Waals surface area contributed by atoms with Crippen LogP contribution in [0.1, 0.15) is 35.4 Å². The molecule has 17 heavy (non-hydrogen) atoms. The molecule has 0 spiro atoms. The lowest BCUT2D eigenvalue weighted by Gasteiger charge is -2.38. The number of carbonyl (C=O) groups is 1. The van der Waals surface area contributed by atoms with Crippen LogP contribution in [0.5, 0.6) is 0 Å². The van der Waals surface area contributed by atoms with Gasteiger partial charge in [0.1, 0.15) is 5.69 Å². The third-order valence-corrected chi connectivity index (χ3v) is 3.18. The van der Waals surface area contributed by atoms with E-state index in [-0.39, 0.29) is 23.9 Å². The lowest BCUT2D eigenvalue weighted by atomic mass is 9.78. The van der Waals surface area contributed by atoms with E-state index in [0.29, 0.717) is 12.2 Å². The van der Waals surface area contributed by atoms with Crippen LogP contribution >= 0.6 is 12.4 Å². The molecule has 1 saturated carbocycles. The topological polar surface area (TPSA) is 72.9 Å². The van der Waals surface area contributed by atoms with E-state index in [2.05, 4.69) is 10.4 Å². The van der Waals surface area contributed by atoms with Crippen LogP contribution in [0, 0.1) is 6.92 Å². The average molecular weight is 259 g/mol. The van der Waals surface area contributed by atoms with Gasteiger partial charge >= 0.3 is 0 Å². The quantitative estimate of drug-likeness (QED) is 0.841. The summed E-state index contributed by atoms with van der Waals surface area (Å²) in [7, 11) is 1.77. The summed E-state index contributed by atoms with van der Waals surface area (Å²) in [6.07, 6.45) is 3.16. The highest BCUT2D eigenvalue weighted by Crippen LogP contribution is 2.28. The zero-order valence-corrected chi connectivity index (χ0v) is 11.0. The Morgan fingerprint density at radius 2 is 2.29 bits per heavy atom. The zero-order valence-electron chi connectivity index (χ0n) is 10.2. The number of nitrogens with one attached hydrogen (secondary N) is 1. The number of aromatic nitrogens is 2. The molecule has 6 heteroatoms. The van der Waals surface area contributed by atoms with Crippen LogP contribution in [0.15, 0.2) is 6.07 Å². The van der Waals surface area contributed by atoms with Gasteiger partial charge < -0.3 is 11.1 Å². The molecule has 96 valence electrons. The molecule has 2 rings (SSSR count). The number of amides is 1. The predicted octanol–water partition coefficient (Wildman–Crippen LogP) is 0.762. The highest BCUT2D eigenvalue weighted by atomic mass is 35.5. The molecule has 1 aromatic heterocycles. The third-order valence-electron chi connectivity index (χ3n) is 3.18. The molecule has 1 aromatic rings. The Morgan fingerprint density at radius 3 is 2.71 bits per heavy atom. The molecule has 0 aliphatic heterocycles. The van der Waals surface area contributed by atoms with Gasteiger partial charge in [0.25, 0.3) is 5.91 Å². The molecule has 3 N–H and O–H groups in total. The van der Waals surface area contributed by atoms with Crippen LogP contribution in [0.25, 0.3) is 0 Å². The fourth-order valence-corrected chi connectivity index (χ4v) is 1.98. The van der Waals surface area contributed by atoms with Crippen molar-refractivity contribution in [2.24, 2.45) is 12.8 Å². The first-order valence-electron chi connectivity index (χ1n) is 5.58. The summed E-state index contributed by atoms with van der Waals surface area (Å²) >= 11 is 0. The molecular weight excluding hydrogens is 240 g/mol. The minimum absolute atomic E-state index is 0. The summed E-state index contributed by atoms with van der Waals surface area (Å²) in [5.41, 5.74) is 7.29. The molecule has 0 unspecified atom stereocenters. The maximum Gasteiger partial charge on any atom is 0.269 e. The first kappa shape index (κ1) is 14.0. The highest BCUT2D eigenvalue weighted by Gasteiger charge is 2.32. The molecule has 0 bridgehead atoms. The Kier molecular flexibility index (Phi) is 4.16. The third kappa shape index (κ3) is 2.98. The molecule has 1 aliphatic rings. The Bertz CT molecular complexity index is 412. The molecule has 1 fully saturated rings. The monoisotopic (exact) mass is 258 g/mol. The van der Waals surface area contributed by atoms with Crippen LogP contribution in [0.3, 0.4) is 0 Å². The fourth-order valence-electron chi connectivity index (χ4n) is 1.98. The van der Waals surface area contributed by atoms with E-state index in [1.165, 1.54) is 0 Å². The molecule has 0 saturated heterocycles. The summed E-state index contributed by atoms with van der Waals surface area (Å²) < 4.78 is 1.59. The van der Waals surface area contributed by atoms with E-state index in [0.717, 1.165) is 25.0 Å². The first-order valence-corrected chi connectivity index (χ1v) is 5.58. The van der Waals surface area contributed by atoms with Crippen molar-refractivity contribution in [3.05, 3.63) is 17.5 Å². The molecule has 5 nitrogen and oxygen atoms in total. The lowest BCUT2D eigenvalue weighted by molar-refractivity contribution is 0.0920. The van der Waals surface area contributed by atoms with Gasteiger partial charge in [0.15, 0.2) is 0 Å². The molecule has 1 heterocycles. The van der Waals surface area contributed by atoms with Gasteiger partial charge in [0, 0.05) is 19.1 Å². The van der Waals surface area contributed by atoms with Crippen LogP contribution in [-0.4, -0.2) is 27.8 Å².